The Labute approximate surface area is 124 Å². The van der Waals surface area contributed by atoms with Crippen molar-refractivity contribution in [1.29, 1.82) is 5.26 Å². The van der Waals surface area contributed by atoms with Gasteiger partial charge < -0.3 is 5.32 Å². The SMILES string of the molecule is N#CCC(Nc1c(F)cc(Br)cc1F)c1ccccc1. The Morgan fingerprint density at radius 1 is 1.15 bits per heavy atom. The Morgan fingerprint density at radius 3 is 2.30 bits per heavy atom. The summed E-state index contributed by atoms with van der Waals surface area (Å²) in [6, 6.07) is 13.0. The normalized spacial score (nSPS) is 11.7. The maximum absolute atomic E-state index is 13.8. The summed E-state index contributed by atoms with van der Waals surface area (Å²) in [5.41, 5.74) is 0.577. The van der Waals surface area contributed by atoms with Gasteiger partial charge in [0.1, 0.15) is 17.3 Å². The molecule has 0 aliphatic carbocycles. The summed E-state index contributed by atoms with van der Waals surface area (Å²) in [5.74, 6) is -1.40. The van der Waals surface area contributed by atoms with Gasteiger partial charge in [0.15, 0.2) is 0 Å². The lowest BCUT2D eigenvalue weighted by atomic mass is 10.0. The first-order valence-electron chi connectivity index (χ1n) is 5.95. The van der Waals surface area contributed by atoms with Crippen LogP contribution in [0.2, 0.25) is 0 Å². The highest BCUT2D eigenvalue weighted by Crippen LogP contribution is 2.28. The number of hydrogen-bond acceptors (Lipinski definition) is 2. The van der Waals surface area contributed by atoms with Crippen LogP contribution in [0.15, 0.2) is 46.9 Å². The second-order valence-electron chi connectivity index (χ2n) is 4.21. The zero-order valence-electron chi connectivity index (χ0n) is 10.4. The van der Waals surface area contributed by atoms with Crippen molar-refractivity contribution in [1.82, 2.24) is 0 Å². The summed E-state index contributed by atoms with van der Waals surface area (Å²) in [6.45, 7) is 0. The fourth-order valence-electron chi connectivity index (χ4n) is 1.88. The third kappa shape index (κ3) is 3.34. The van der Waals surface area contributed by atoms with E-state index in [4.69, 9.17) is 5.26 Å². The van der Waals surface area contributed by atoms with E-state index in [9.17, 15) is 8.78 Å². The van der Waals surface area contributed by atoms with E-state index in [0.717, 1.165) is 5.56 Å². The molecule has 0 bridgehead atoms. The number of halogens is 3. The minimum absolute atomic E-state index is 0.110. The Bertz CT molecular complexity index is 615. The van der Waals surface area contributed by atoms with Gasteiger partial charge in [0.2, 0.25) is 0 Å². The summed E-state index contributed by atoms with van der Waals surface area (Å²) in [4.78, 5) is 0. The van der Waals surface area contributed by atoms with Gasteiger partial charge in [-0.05, 0) is 17.7 Å². The fourth-order valence-corrected chi connectivity index (χ4v) is 2.29. The molecule has 5 heteroatoms. The van der Waals surface area contributed by atoms with Gasteiger partial charge in [-0.15, -0.1) is 0 Å². The molecule has 0 saturated carbocycles. The summed E-state index contributed by atoms with van der Waals surface area (Å²) in [5, 5.41) is 11.6. The average Bonchev–Trinajstić information content (AvgIpc) is 2.42. The van der Waals surface area contributed by atoms with Gasteiger partial charge in [0, 0.05) is 4.47 Å². The van der Waals surface area contributed by atoms with Gasteiger partial charge >= 0.3 is 0 Å². The van der Waals surface area contributed by atoms with Crippen LogP contribution in [-0.2, 0) is 0 Å². The monoisotopic (exact) mass is 336 g/mol. The smallest absolute Gasteiger partial charge is 0.150 e. The summed E-state index contributed by atoms with van der Waals surface area (Å²) in [6.07, 6.45) is 0.110. The van der Waals surface area contributed by atoms with Crippen molar-refractivity contribution in [2.75, 3.05) is 5.32 Å². The minimum atomic E-state index is -0.698. The summed E-state index contributed by atoms with van der Waals surface area (Å²) in [7, 11) is 0. The Morgan fingerprint density at radius 2 is 1.75 bits per heavy atom. The molecule has 0 spiro atoms. The van der Waals surface area contributed by atoms with Gasteiger partial charge in [-0.1, -0.05) is 46.3 Å². The number of nitrogens with one attached hydrogen (secondary N) is 1. The molecule has 0 radical (unpaired) electrons. The molecular formula is C15H11BrF2N2. The largest absolute Gasteiger partial charge is 0.372 e. The van der Waals surface area contributed by atoms with E-state index in [1.807, 2.05) is 36.4 Å². The zero-order chi connectivity index (χ0) is 14.5. The van der Waals surface area contributed by atoms with Crippen molar-refractivity contribution >= 4 is 21.6 Å². The zero-order valence-corrected chi connectivity index (χ0v) is 12.0. The lowest BCUT2D eigenvalue weighted by molar-refractivity contribution is 0.581. The van der Waals surface area contributed by atoms with E-state index in [2.05, 4.69) is 21.2 Å². The first-order valence-corrected chi connectivity index (χ1v) is 6.74. The molecule has 1 atom stereocenters. The van der Waals surface area contributed by atoms with Gasteiger partial charge in [-0.25, -0.2) is 8.78 Å². The van der Waals surface area contributed by atoms with E-state index in [1.165, 1.54) is 12.1 Å². The third-order valence-electron chi connectivity index (χ3n) is 2.82. The number of nitriles is 1. The average molecular weight is 337 g/mol. The molecule has 2 aromatic carbocycles. The number of nitrogens with zero attached hydrogens (tertiary/aromatic N) is 1. The first kappa shape index (κ1) is 14.5. The molecule has 0 fully saturated rings. The van der Waals surface area contributed by atoms with Gasteiger partial charge in [0.05, 0.1) is 18.5 Å². The van der Waals surface area contributed by atoms with Crippen molar-refractivity contribution in [3.63, 3.8) is 0 Å². The number of benzene rings is 2. The lowest BCUT2D eigenvalue weighted by Gasteiger charge is -2.18. The molecule has 0 heterocycles. The van der Waals surface area contributed by atoms with Gasteiger partial charge in [-0.2, -0.15) is 5.26 Å². The Hall–Kier alpha value is -1.93. The Kier molecular flexibility index (Phi) is 4.70. The molecule has 0 amide bonds. The summed E-state index contributed by atoms with van der Waals surface area (Å²) >= 11 is 3.03. The van der Waals surface area contributed by atoms with Crippen LogP contribution >= 0.6 is 15.9 Å². The maximum atomic E-state index is 13.8. The predicted molar refractivity (Wildman–Crippen MR) is 77.1 cm³/mol. The van der Waals surface area contributed by atoms with Crippen LogP contribution in [0, 0.1) is 23.0 Å². The van der Waals surface area contributed by atoms with Crippen LogP contribution in [0.25, 0.3) is 0 Å². The molecule has 0 aliphatic heterocycles. The molecule has 1 unspecified atom stereocenters. The first-order chi connectivity index (χ1) is 9.61. The molecule has 0 aromatic heterocycles. The Balaban J connectivity index is 2.33. The minimum Gasteiger partial charge on any atom is -0.372 e. The van der Waals surface area contributed by atoms with Crippen LogP contribution in [0.1, 0.15) is 18.0 Å². The molecular weight excluding hydrogens is 326 g/mol. The van der Waals surface area contributed by atoms with Crippen molar-refractivity contribution in [2.24, 2.45) is 0 Å². The van der Waals surface area contributed by atoms with Gasteiger partial charge in [0.25, 0.3) is 0 Å². The standard InChI is InChI=1S/C15H11BrF2N2/c16-11-8-12(17)15(13(18)9-11)20-14(6-7-19)10-4-2-1-3-5-10/h1-5,8-9,14,20H,6H2. The van der Waals surface area contributed by atoms with Crippen LogP contribution in [-0.4, -0.2) is 0 Å². The number of anilines is 1. The molecule has 0 aliphatic rings. The van der Waals surface area contributed by atoms with Crippen LogP contribution in [0.5, 0.6) is 0 Å². The van der Waals surface area contributed by atoms with Crippen molar-refractivity contribution < 1.29 is 8.78 Å². The predicted octanol–water partition coefficient (Wildman–Crippen LogP) is 4.79. The highest BCUT2D eigenvalue weighted by atomic mass is 79.9. The maximum Gasteiger partial charge on any atom is 0.150 e. The molecule has 2 nitrogen and oxygen atoms in total. The van der Waals surface area contributed by atoms with Gasteiger partial charge in [-0.3, -0.25) is 0 Å². The molecule has 2 aromatic rings. The highest BCUT2D eigenvalue weighted by Gasteiger charge is 2.17. The van der Waals surface area contributed by atoms with E-state index in [1.54, 1.807) is 0 Å². The third-order valence-corrected chi connectivity index (χ3v) is 3.28. The quantitative estimate of drug-likeness (QED) is 0.870. The molecule has 20 heavy (non-hydrogen) atoms. The van der Waals surface area contributed by atoms with E-state index in [0.29, 0.717) is 4.47 Å². The highest BCUT2D eigenvalue weighted by molar-refractivity contribution is 9.10. The van der Waals surface area contributed by atoms with Crippen molar-refractivity contribution in [3.05, 3.63) is 64.1 Å². The van der Waals surface area contributed by atoms with Crippen LogP contribution in [0.3, 0.4) is 0 Å². The van der Waals surface area contributed by atoms with E-state index < -0.39 is 17.7 Å². The summed E-state index contributed by atoms with van der Waals surface area (Å²) < 4.78 is 28.0. The van der Waals surface area contributed by atoms with E-state index in [-0.39, 0.29) is 12.1 Å². The topological polar surface area (TPSA) is 35.8 Å². The molecule has 0 saturated heterocycles. The fraction of sp³-hybridized carbons (Fsp3) is 0.133. The number of hydrogen-bond donors (Lipinski definition) is 1. The molecule has 2 rings (SSSR count). The molecule has 1 N–H and O–H groups in total. The van der Waals surface area contributed by atoms with Crippen molar-refractivity contribution in [3.8, 4) is 6.07 Å². The van der Waals surface area contributed by atoms with Crippen LogP contribution in [0.4, 0.5) is 14.5 Å². The molecule has 102 valence electrons. The van der Waals surface area contributed by atoms with Crippen LogP contribution < -0.4 is 5.32 Å². The lowest BCUT2D eigenvalue weighted by Crippen LogP contribution is -2.12. The second-order valence-corrected chi connectivity index (χ2v) is 5.13. The van der Waals surface area contributed by atoms with E-state index >= 15 is 0 Å². The van der Waals surface area contributed by atoms with Crippen molar-refractivity contribution in [2.45, 2.75) is 12.5 Å². The number of rotatable bonds is 4. The second kappa shape index (κ2) is 6.49.